The molecule has 0 aliphatic heterocycles. The molecule has 0 bridgehead atoms. The Morgan fingerprint density at radius 2 is 1.95 bits per heavy atom. The Hall–Kier alpha value is -1.06. The number of benzene rings is 1. The molecule has 0 aliphatic rings. The van der Waals surface area contributed by atoms with E-state index in [1.165, 1.54) is 7.11 Å². The van der Waals surface area contributed by atoms with E-state index in [2.05, 4.69) is 19.2 Å². The minimum absolute atomic E-state index is 0.00319. The molecule has 2 atom stereocenters. The maximum Gasteiger partial charge on any atom is 0.322 e. The van der Waals surface area contributed by atoms with Crippen molar-refractivity contribution in [3.8, 4) is 0 Å². The quantitative estimate of drug-likeness (QED) is 0.811. The van der Waals surface area contributed by atoms with E-state index in [1.54, 1.807) is 0 Å². The van der Waals surface area contributed by atoms with E-state index in [9.17, 15) is 4.79 Å². The number of nitrogens with one attached hydrogen (secondary N) is 1. The van der Waals surface area contributed by atoms with Crippen LogP contribution in [-0.4, -0.2) is 19.1 Å². The van der Waals surface area contributed by atoms with Gasteiger partial charge < -0.3 is 4.74 Å². The van der Waals surface area contributed by atoms with Crippen LogP contribution in [0.4, 0.5) is 0 Å². The number of ether oxygens (including phenoxy) is 1. The van der Waals surface area contributed by atoms with Gasteiger partial charge >= 0.3 is 5.97 Å². The number of carbonyl (C=O) groups excluding carboxylic acids is 1. The van der Waals surface area contributed by atoms with Crippen molar-refractivity contribution in [2.75, 3.05) is 7.11 Å². The number of halogens is 1. The van der Waals surface area contributed by atoms with E-state index in [0.29, 0.717) is 10.9 Å². The van der Waals surface area contributed by atoms with Gasteiger partial charge in [0.2, 0.25) is 0 Å². The van der Waals surface area contributed by atoms with Gasteiger partial charge in [0.1, 0.15) is 6.04 Å². The lowest BCUT2D eigenvalue weighted by atomic mass is 10.0. The summed E-state index contributed by atoms with van der Waals surface area (Å²) in [6.07, 6.45) is 0.738. The van der Waals surface area contributed by atoms with Gasteiger partial charge in [-0.05, 0) is 30.9 Å². The van der Waals surface area contributed by atoms with Crippen LogP contribution in [0, 0.1) is 5.92 Å². The van der Waals surface area contributed by atoms with Crippen LogP contribution in [0.5, 0.6) is 0 Å². The average Bonchev–Trinajstić information content (AvgIpc) is 2.36. The lowest BCUT2D eigenvalue weighted by molar-refractivity contribution is -0.143. The van der Waals surface area contributed by atoms with Crippen LogP contribution in [0.2, 0.25) is 5.02 Å². The van der Waals surface area contributed by atoms with E-state index in [-0.39, 0.29) is 18.1 Å². The minimum Gasteiger partial charge on any atom is -0.468 e. The zero-order chi connectivity index (χ0) is 14.4. The molecule has 0 radical (unpaired) electrons. The van der Waals surface area contributed by atoms with E-state index in [0.717, 1.165) is 12.0 Å². The van der Waals surface area contributed by atoms with Gasteiger partial charge in [-0.15, -0.1) is 0 Å². The first-order valence-corrected chi connectivity index (χ1v) is 6.91. The summed E-state index contributed by atoms with van der Waals surface area (Å²) in [7, 11) is 1.41. The molecule has 4 heteroatoms. The highest BCUT2D eigenvalue weighted by Gasteiger charge is 2.23. The van der Waals surface area contributed by atoms with Crippen molar-refractivity contribution in [2.24, 2.45) is 5.92 Å². The van der Waals surface area contributed by atoms with E-state index in [4.69, 9.17) is 16.3 Å². The third kappa shape index (κ3) is 4.84. The number of hydrogen-bond acceptors (Lipinski definition) is 3. The molecule has 1 aromatic carbocycles. The highest BCUT2D eigenvalue weighted by atomic mass is 35.5. The normalized spacial score (nSPS) is 14.2. The predicted octanol–water partition coefficient (Wildman–Crippen LogP) is 3.58. The molecular formula is C15H22ClNO2. The molecule has 3 nitrogen and oxygen atoms in total. The van der Waals surface area contributed by atoms with Crippen LogP contribution in [0.1, 0.15) is 38.8 Å². The third-order valence-corrected chi connectivity index (χ3v) is 3.36. The Labute approximate surface area is 120 Å². The molecule has 0 aliphatic carbocycles. The first-order valence-electron chi connectivity index (χ1n) is 6.54. The first-order chi connectivity index (χ1) is 8.95. The van der Waals surface area contributed by atoms with Crippen molar-refractivity contribution in [3.63, 3.8) is 0 Å². The summed E-state index contributed by atoms with van der Waals surface area (Å²) in [4.78, 5) is 11.8. The molecule has 0 fully saturated rings. The molecule has 19 heavy (non-hydrogen) atoms. The van der Waals surface area contributed by atoms with Crippen molar-refractivity contribution < 1.29 is 9.53 Å². The van der Waals surface area contributed by atoms with Crippen LogP contribution < -0.4 is 5.32 Å². The Kier molecular flexibility index (Phi) is 6.32. The van der Waals surface area contributed by atoms with Crippen molar-refractivity contribution >= 4 is 17.6 Å². The number of hydrogen-bond donors (Lipinski definition) is 1. The van der Waals surface area contributed by atoms with Crippen LogP contribution >= 0.6 is 11.6 Å². The zero-order valence-electron chi connectivity index (χ0n) is 11.9. The standard InChI is InChI=1S/C15H22ClNO2/c1-10(2)9-14(15(18)19-4)17-11(3)12-7-5-6-8-13(12)16/h5-8,10-11,14,17H,9H2,1-4H3. The van der Waals surface area contributed by atoms with Gasteiger partial charge in [-0.2, -0.15) is 0 Å². The van der Waals surface area contributed by atoms with Crippen LogP contribution in [-0.2, 0) is 9.53 Å². The number of esters is 1. The lowest BCUT2D eigenvalue weighted by Gasteiger charge is -2.23. The molecule has 0 aromatic heterocycles. The smallest absolute Gasteiger partial charge is 0.322 e. The molecule has 0 saturated heterocycles. The van der Waals surface area contributed by atoms with Crippen LogP contribution in [0.25, 0.3) is 0 Å². The molecule has 1 N–H and O–H groups in total. The predicted molar refractivity (Wildman–Crippen MR) is 78.3 cm³/mol. The van der Waals surface area contributed by atoms with E-state index >= 15 is 0 Å². The SMILES string of the molecule is COC(=O)C(CC(C)C)NC(C)c1ccccc1Cl. The minimum atomic E-state index is -0.309. The summed E-state index contributed by atoms with van der Waals surface area (Å²) >= 11 is 6.17. The molecule has 2 unspecified atom stereocenters. The fraction of sp³-hybridized carbons (Fsp3) is 0.533. The van der Waals surface area contributed by atoms with Gasteiger partial charge in [-0.25, -0.2) is 0 Å². The fourth-order valence-corrected chi connectivity index (χ4v) is 2.36. The summed E-state index contributed by atoms with van der Waals surface area (Å²) in [5.41, 5.74) is 0.988. The lowest BCUT2D eigenvalue weighted by Crippen LogP contribution is -2.40. The molecule has 0 saturated carbocycles. The number of carbonyl (C=O) groups is 1. The second-order valence-corrected chi connectivity index (χ2v) is 5.52. The third-order valence-electron chi connectivity index (χ3n) is 3.02. The highest BCUT2D eigenvalue weighted by molar-refractivity contribution is 6.31. The Bertz CT molecular complexity index is 420. The van der Waals surface area contributed by atoms with Crippen molar-refractivity contribution in [1.82, 2.24) is 5.32 Å². The van der Waals surface area contributed by atoms with Gasteiger partial charge in [0.15, 0.2) is 0 Å². The molecular weight excluding hydrogens is 262 g/mol. The average molecular weight is 284 g/mol. The highest BCUT2D eigenvalue weighted by Crippen LogP contribution is 2.23. The topological polar surface area (TPSA) is 38.3 Å². The van der Waals surface area contributed by atoms with Gasteiger partial charge in [0.25, 0.3) is 0 Å². The van der Waals surface area contributed by atoms with Crippen molar-refractivity contribution in [2.45, 2.75) is 39.3 Å². The Morgan fingerprint density at radius 1 is 1.32 bits per heavy atom. The molecule has 0 heterocycles. The van der Waals surface area contributed by atoms with Crippen LogP contribution in [0.3, 0.4) is 0 Å². The second kappa shape index (κ2) is 7.51. The molecule has 106 valence electrons. The molecule has 1 aromatic rings. The second-order valence-electron chi connectivity index (χ2n) is 5.12. The maximum absolute atomic E-state index is 11.8. The largest absolute Gasteiger partial charge is 0.468 e. The molecule has 0 spiro atoms. The Balaban J connectivity index is 2.78. The van der Waals surface area contributed by atoms with Gasteiger partial charge in [-0.1, -0.05) is 43.6 Å². The summed E-state index contributed by atoms with van der Waals surface area (Å²) in [6.45, 7) is 6.16. The molecule has 0 amide bonds. The van der Waals surface area contributed by atoms with Gasteiger partial charge in [-0.3, -0.25) is 10.1 Å². The fourth-order valence-electron chi connectivity index (χ4n) is 2.06. The first kappa shape index (κ1) is 16.0. The maximum atomic E-state index is 11.8. The number of methoxy groups -OCH3 is 1. The number of rotatable bonds is 6. The van der Waals surface area contributed by atoms with E-state index in [1.807, 2.05) is 31.2 Å². The summed E-state index contributed by atoms with van der Waals surface area (Å²) in [5, 5.41) is 4.00. The van der Waals surface area contributed by atoms with Gasteiger partial charge in [0.05, 0.1) is 7.11 Å². The summed E-state index contributed by atoms with van der Waals surface area (Å²) in [6, 6.07) is 7.33. The monoisotopic (exact) mass is 283 g/mol. The van der Waals surface area contributed by atoms with Crippen molar-refractivity contribution in [1.29, 1.82) is 0 Å². The van der Waals surface area contributed by atoms with Crippen molar-refractivity contribution in [3.05, 3.63) is 34.9 Å². The summed E-state index contributed by atoms with van der Waals surface area (Å²) in [5.74, 6) is 0.183. The van der Waals surface area contributed by atoms with E-state index < -0.39 is 0 Å². The zero-order valence-corrected chi connectivity index (χ0v) is 12.7. The molecule has 1 rings (SSSR count). The summed E-state index contributed by atoms with van der Waals surface area (Å²) < 4.78 is 4.85. The van der Waals surface area contributed by atoms with Gasteiger partial charge in [0, 0.05) is 11.1 Å². The van der Waals surface area contributed by atoms with Crippen LogP contribution in [0.15, 0.2) is 24.3 Å². The Morgan fingerprint density at radius 3 is 2.47 bits per heavy atom.